The van der Waals surface area contributed by atoms with Gasteiger partial charge in [-0.15, -0.1) is 0 Å². The number of rotatable bonds is 8. The Morgan fingerprint density at radius 2 is 0.836 bits per heavy atom. The number of hydrogen-bond donors (Lipinski definition) is 0. The average Bonchev–Trinajstić information content (AvgIpc) is 3.68. The SMILES string of the molecule is Cc1c(-c2cccc(-c3ccc(-c4ccc(N(c5ccccc5-c5ccc(-c6ccccc6)cc5)c5cc6ccccc6c6ccccc56)cc4)cc3)c2)oc2ccccc12. The molecule has 0 saturated carbocycles. The molecule has 0 radical (unpaired) electrons. The fourth-order valence-corrected chi connectivity index (χ4v) is 8.96. The molecule has 0 saturated heterocycles. The number of anilines is 3. The highest BCUT2D eigenvalue weighted by Gasteiger charge is 2.21. The first kappa shape index (κ1) is 36.2. The fraction of sp³-hybridized carbons (Fsp3) is 0.0169. The maximum Gasteiger partial charge on any atom is 0.138 e. The van der Waals surface area contributed by atoms with E-state index >= 15 is 0 Å². The number of furan rings is 1. The van der Waals surface area contributed by atoms with Gasteiger partial charge < -0.3 is 9.32 Å². The van der Waals surface area contributed by atoms with Crippen LogP contribution in [0.4, 0.5) is 17.1 Å². The Kier molecular flexibility index (Phi) is 9.09. The summed E-state index contributed by atoms with van der Waals surface area (Å²) in [7, 11) is 0. The molecule has 2 heteroatoms. The molecule has 0 aliphatic heterocycles. The molecule has 10 aromatic carbocycles. The van der Waals surface area contributed by atoms with Gasteiger partial charge in [0.05, 0.1) is 11.4 Å². The molecule has 2 nitrogen and oxygen atoms in total. The van der Waals surface area contributed by atoms with Gasteiger partial charge in [-0.3, -0.25) is 0 Å². The molecule has 11 aromatic rings. The zero-order valence-corrected chi connectivity index (χ0v) is 33.8. The predicted octanol–water partition coefficient (Wildman–Crippen LogP) is 16.9. The van der Waals surface area contributed by atoms with Gasteiger partial charge in [0.25, 0.3) is 0 Å². The van der Waals surface area contributed by atoms with Crippen molar-refractivity contribution in [1.29, 1.82) is 0 Å². The van der Waals surface area contributed by atoms with Crippen molar-refractivity contribution < 1.29 is 4.42 Å². The smallest absolute Gasteiger partial charge is 0.138 e. The highest BCUT2D eigenvalue weighted by molar-refractivity contribution is 6.15. The van der Waals surface area contributed by atoms with E-state index in [2.05, 4.69) is 230 Å². The monoisotopic (exact) mass is 779 g/mol. The fourth-order valence-electron chi connectivity index (χ4n) is 8.96. The second-order valence-electron chi connectivity index (χ2n) is 15.7. The minimum atomic E-state index is 0.919. The van der Waals surface area contributed by atoms with E-state index in [0.29, 0.717) is 0 Å². The van der Waals surface area contributed by atoms with E-state index in [1.54, 1.807) is 0 Å². The number of fused-ring (bicyclic) bond motifs is 4. The molecule has 0 aliphatic rings. The van der Waals surface area contributed by atoms with E-state index in [1.165, 1.54) is 60.5 Å². The molecule has 0 unspecified atom stereocenters. The number of nitrogens with zero attached hydrogens (tertiary/aromatic N) is 1. The second kappa shape index (κ2) is 15.3. The molecule has 0 bridgehead atoms. The number of aryl methyl sites for hydroxylation is 1. The van der Waals surface area contributed by atoms with Gasteiger partial charge in [0.1, 0.15) is 11.3 Å². The van der Waals surface area contributed by atoms with Crippen molar-refractivity contribution in [1.82, 2.24) is 0 Å². The molecule has 0 spiro atoms. The highest BCUT2D eigenvalue weighted by atomic mass is 16.3. The molecule has 0 N–H and O–H groups in total. The summed E-state index contributed by atoms with van der Waals surface area (Å²) in [5, 5.41) is 6.06. The van der Waals surface area contributed by atoms with Crippen molar-refractivity contribution >= 4 is 49.6 Å². The molecule has 0 fully saturated rings. The summed E-state index contributed by atoms with van der Waals surface area (Å²) in [4.78, 5) is 2.44. The van der Waals surface area contributed by atoms with E-state index in [9.17, 15) is 0 Å². The van der Waals surface area contributed by atoms with E-state index in [0.717, 1.165) is 50.5 Å². The maximum absolute atomic E-state index is 6.32. The first-order valence-corrected chi connectivity index (χ1v) is 20.9. The summed E-state index contributed by atoms with van der Waals surface area (Å²) in [5.74, 6) is 0.925. The Labute approximate surface area is 356 Å². The Hall–Kier alpha value is -7.94. The lowest BCUT2D eigenvalue weighted by Crippen LogP contribution is -2.12. The Morgan fingerprint density at radius 3 is 1.56 bits per heavy atom. The number of hydrogen-bond acceptors (Lipinski definition) is 2. The minimum Gasteiger partial charge on any atom is -0.456 e. The summed E-state index contributed by atoms with van der Waals surface area (Å²) in [6, 6.07) is 83.0. The molecule has 0 aliphatic carbocycles. The topological polar surface area (TPSA) is 16.4 Å². The first-order chi connectivity index (χ1) is 30.2. The van der Waals surface area contributed by atoms with Gasteiger partial charge in [-0.2, -0.15) is 0 Å². The molecule has 11 rings (SSSR count). The third-order valence-corrected chi connectivity index (χ3v) is 12.1. The van der Waals surface area contributed by atoms with Gasteiger partial charge in [-0.25, -0.2) is 0 Å². The first-order valence-electron chi connectivity index (χ1n) is 20.9. The Morgan fingerprint density at radius 1 is 0.328 bits per heavy atom. The van der Waals surface area contributed by atoms with Gasteiger partial charge in [-0.1, -0.05) is 194 Å². The van der Waals surface area contributed by atoms with E-state index in [-0.39, 0.29) is 0 Å². The summed E-state index contributed by atoms with van der Waals surface area (Å²) >= 11 is 0. The normalized spacial score (nSPS) is 11.4. The van der Waals surface area contributed by atoms with Crippen LogP contribution in [0, 0.1) is 6.92 Å². The molecule has 288 valence electrons. The standard InChI is InChI=1S/C59H41NO/c1-40-51-19-10-12-25-58(51)61-59(40)49-18-13-17-47(38-49)45-28-26-43(27-29-45)44-34-36-50(37-35-44)60(57-39-48-16-5-6-20-52(48)54-22-7-8-23-55(54)57)56-24-11-9-21-53(56)46-32-30-42(31-33-46)41-14-3-2-4-15-41/h2-39H,1H3. The van der Waals surface area contributed by atoms with Crippen LogP contribution in [-0.4, -0.2) is 0 Å². The van der Waals surface area contributed by atoms with Gasteiger partial charge in [0.15, 0.2) is 0 Å². The predicted molar refractivity (Wildman–Crippen MR) is 258 cm³/mol. The molecule has 0 amide bonds. The number of benzene rings is 10. The lowest BCUT2D eigenvalue weighted by Gasteiger charge is -2.30. The summed E-state index contributed by atoms with van der Waals surface area (Å²) in [5.41, 5.74) is 15.9. The molecule has 1 aromatic heterocycles. The van der Waals surface area contributed by atoms with E-state index < -0.39 is 0 Å². The lowest BCUT2D eigenvalue weighted by molar-refractivity contribution is 0.629. The molecule has 1 heterocycles. The van der Waals surface area contributed by atoms with Crippen LogP contribution in [0.2, 0.25) is 0 Å². The van der Waals surface area contributed by atoms with Crippen molar-refractivity contribution in [2.24, 2.45) is 0 Å². The summed E-state index contributed by atoms with van der Waals surface area (Å²) in [6.07, 6.45) is 0. The van der Waals surface area contributed by atoms with Crippen molar-refractivity contribution in [2.45, 2.75) is 6.92 Å². The molecular formula is C59H41NO. The summed E-state index contributed by atoms with van der Waals surface area (Å²) < 4.78 is 6.32. The van der Waals surface area contributed by atoms with Crippen LogP contribution in [0.3, 0.4) is 0 Å². The third-order valence-electron chi connectivity index (χ3n) is 12.1. The van der Waals surface area contributed by atoms with Crippen molar-refractivity contribution in [3.63, 3.8) is 0 Å². The van der Waals surface area contributed by atoms with Crippen molar-refractivity contribution in [2.75, 3.05) is 4.90 Å². The Balaban J connectivity index is 0.976. The van der Waals surface area contributed by atoms with Crippen molar-refractivity contribution in [3.8, 4) is 55.8 Å². The van der Waals surface area contributed by atoms with Crippen LogP contribution in [-0.2, 0) is 0 Å². The van der Waals surface area contributed by atoms with Crippen LogP contribution in [0.25, 0.3) is 88.3 Å². The van der Waals surface area contributed by atoms with E-state index in [1.807, 2.05) is 12.1 Å². The summed E-state index contributed by atoms with van der Waals surface area (Å²) in [6.45, 7) is 2.14. The van der Waals surface area contributed by atoms with Crippen LogP contribution >= 0.6 is 0 Å². The second-order valence-corrected chi connectivity index (χ2v) is 15.7. The van der Waals surface area contributed by atoms with Gasteiger partial charge >= 0.3 is 0 Å². The van der Waals surface area contributed by atoms with Crippen LogP contribution in [0.15, 0.2) is 235 Å². The zero-order valence-electron chi connectivity index (χ0n) is 33.8. The molecular weight excluding hydrogens is 739 g/mol. The minimum absolute atomic E-state index is 0.919. The maximum atomic E-state index is 6.32. The van der Waals surface area contributed by atoms with Crippen LogP contribution < -0.4 is 4.90 Å². The van der Waals surface area contributed by atoms with Gasteiger partial charge in [0, 0.05) is 33.2 Å². The largest absolute Gasteiger partial charge is 0.456 e. The quantitative estimate of drug-likeness (QED) is 0.143. The molecule has 0 atom stereocenters. The third kappa shape index (κ3) is 6.65. The van der Waals surface area contributed by atoms with E-state index in [4.69, 9.17) is 4.42 Å². The van der Waals surface area contributed by atoms with Crippen molar-refractivity contribution in [3.05, 3.63) is 236 Å². The van der Waals surface area contributed by atoms with Crippen LogP contribution in [0.1, 0.15) is 5.56 Å². The lowest BCUT2D eigenvalue weighted by atomic mass is 9.96. The average molecular weight is 780 g/mol. The highest BCUT2D eigenvalue weighted by Crippen LogP contribution is 2.46. The van der Waals surface area contributed by atoms with Gasteiger partial charge in [0.2, 0.25) is 0 Å². The van der Waals surface area contributed by atoms with Crippen LogP contribution in [0.5, 0.6) is 0 Å². The zero-order chi connectivity index (χ0) is 40.7. The number of para-hydroxylation sites is 2. The molecule has 61 heavy (non-hydrogen) atoms. The van der Waals surface area contributed by atoms with Gasteiger partial charge in [-0.05, 0) is 98.4 Å². The Bertz CT molecular complexity index is 3340.